The molecular weight excluding hydrogens is 405 g/mol. The van der Waals surface area contributed by atoms with Crippen molar-refractivity contribution in [1.82, 2.24) is 15.2 Å². The number of pyridine rings is 1. The lowest BCUT2D eigenvalue weighted by atomic mass is 9.97. The van der Waals surface area contributed by atoms with Crippen molar-refractivity contribution in [2.24, 2.45) is 0 Å². The zero-order valence-corrected chi connectivity index (χ0v) is 17.8. The van der Waals surface area contributed by atoms with Crippen molar-refractivity contribution >= 4 is 22.7 Å². The lowest BCUT2D eigenvalue weighted by Gasteiger charge is -2.33. The summed E-state index contributed by atoms with van der Waals surface area (Å²) >= 11 is 0. The summed E-state index contributed by atoms with van der Waals surface area (Å²) < 4.78 is 14.5. The molecule has 1 aromatic heterocycles. The zero-order chi connectivity index (χ0) is 22.1. The number of halogens is 1. The predicted octanol–water partition coefficient (Wildman–Crippen LogP) is 4.26. The van der Waals surface area contributed by atoms with Crippen LogP contribution in [0, 0.1) is 5.82 Å². The molecule has 0 unspecified atom stereocenters. The van der Waals surface area contributed by atoms with E-state index < -0.39 is 0 Å². The van der Waals surface area contributed by atoms with Gasteiger partial charge in [-0.2, -0.15) is 0 Å². The zero-order valence-electron chi connectivity index (χ0n) is 17.8. The molecule has 2 aliphatic heterocycles. The first kappa shape index (κ1) is 20.6. The molecule has 2 amide bonds. The van der Waals surface area contributed by atoms with Gasteiger partial charge in [0.2, 0.25) is 5.91 Å². The average Bonchev–Trinajstić information content (AvgIpc) is 3.11. The molecule has 1 N–H and O–H groups in total. The standard InChI is InChI=1S/C26H26FN3O2/c27-21-10-2-1-7-17(21)15-18-16-23-24(12-3-4-13-25(31)29-23)30(18)26(32)20-8-5-11-22-19(20)9-6-14-28-22/h1-2,5-11,14,18,23-24H,3-4,12-13,15-16H2,(H,29,31)/t18-,23+,24-/m1/s1. The van der Waals surface area contributed by atoms with Gasteiger partial charge >= 0.3 is 0 Å². The van der Waals surface area contributed by atoms with Crippen molar-refractivity contribution < 1.29 is 14.0 Å². The number of rotatable bonds is 3. The molecule has 0 bridgehead atoms. The van der Waals surface area contributed by atoms with Crippen LogP contribution in [-0.4, -0.2) is 39.8 Å². The summed E-state index contributed by atoms with van der Waals surface area (Å²) in [6.45, 7) is 0. The van der Waals surface area contributed by atoms with Gasteiger partial charge in [-0.15, -0.1) is 0 Å². The molecule has 0 spiro atoms. The summed E-state index contributed by atoms with van der Waals surface area (Å²) in [5.41, 5.74) is 1.96. The molecule has 5 rings (SSSR count). The van der Waals surface area contributed by atoms with E-state index in [4.69, 9.17) is 0 Å². The number of hydrogen-bond acceptors (Lipinski definition) is 3. The Labute approximate surface area is 186 Å². The molecule has 0 aliphatic carbocycles. The molecule has 0 radical (unpaired) electrons. The summed E-state index contributed by atoms with van der Waals surface area (Å²) in [6, 6.07) is 15.6. The van der Waals surface area contributed by atoms with Crippen LogP contribution in [0.25, 0.3) is 10.9 Å². The second kappa shape index (κ2) is 8.69. The minimum atomic E-state index is -0.261. The van der Waals surface area contributed by atoms with E-state index in [1.807, 2.05) is 41.3 Å². The first-order chi connectivity index (χ1) is 15.6. The number of carbonyl (C=O) groups is 2. The lowest BCUT2D eigenvalue weighted by Crippen LogP contribution is -2.49. The normalized spacial score (nSPS) is 23.3. The summed E-state index contributed by atoms with van der Waals surface area (Å²) in [5, 5.41) is 3.95. The van der Waals surface area contributed by atoms with Gasteiger partial charge in [0.15, 0.2) is 0 Å². The van der Waals surface area contributed by atoms with Gasteiger partial charge in [0.1, 0.15) is 5.82 Å². The van der Waals surface area contributed by atoms with Crippen LogP contribution in [-0.2, 0) is 11.2 Å². The van der Waals surface area contributed by atoms with Crippen molar-refractivity contribution in [3.63, 3.8) is 0 Å². The third-order valence-electron chi connectivity index (χ3n) is 6.77. The van der Waals surface area contributed by atoms with Crippen LogP contribution in [0.1, 0.15) is 48.0 Å². The van der Waals surface area contributed by atoms with Crippen molar-refractivity contribution in [2.75, 3.05) is 0 Å². The molecule has 5 nitrogen and oxygen atoms in total. The minimum absolute atomic E-state index is 0.0352. The van der Waals surface area contributed by atoms with Gasteiger partial charge < -0.3 is 10.2 Å². The molecule has 2 saturated heterocycles. The number of aromatic nitrogens is 1. The quantitative estimate of drug-likeness (QED) is 0.674. The maximum absolute atomic E-state index is 14.5. The van der Waals surface area contributed by atoms with E-state index in [1.54, 1.807) is 18.3 Å². The first-order valence-electron chi connectivity index (χ1n) is 11.3. The van der Waals surface area contributed by atoms with Crippen LogP contribution in [0.3, 0.4) is 0 Å². The van der Waals surface area contributed by atoms with Gasteiger partial charge in [0, 0.05) is 29.6 Å². The molecule has 0 saturated carbocycles. The van der Waals surface area contributed by atoms with Crippen molar-refractivity contribution in [3.8, 4) is 0 Å². The third kappa shape index (κ3) is 3.85. The van der Waals surface area contributed by atoms with Crippen LogP contribution >= 0.6 is 0 Å². The fourth-order valence-corrected chi connectivity index (χ4v) is 5.29. The van der Waals surface area contributed by atoms with E-state index in [9.17, 15) is 14.0 Å². The second-order valence-corrected chi connectivity index (χ2v) is 8.76. The monoisotopic (exact) mass is 431 g/mol. The Balaban J connectivity index is 1.55. The number of likely N-dealkylation sites (tertiary alicyclic amines) is 1. The van der Waals surface area contributed by atoms with E-state index >= 15 is 0 Å². The fourth-order valence-electron chi connectivity index (χ4n) is 5.29. The van der Waals surface area contributed by atoms with E-state index in [0.717, 1.165) is 30.2 Å². The highest BCUT2D eigenvalue weighted by Crippen LogP contribution is 2.34. The van der Waals surface area contributed by atoms with Crippen molar-refractivity contribution in [2.45, 2.75) is 56.7 Å². The maximum Gasteiger partial charge on any atom is 0.255 e. The maximum atomic E-state index is 14.5. The van der Waals surface area contributed by atoms with Gasteiger partial charge in [-0.1, -0.05) is 36.8 Å². The SMILES string of the molecule is O=C1CCCC[C@@H]2[C@H](C[C@@H](Cc3ccccc3F)N2C(=O)c2cccc3ncccc23)N1. The average molecular weight is 432 g/mol. The van der Waals surface area contributed by atoms with E-state index in [2.05, 4.69) is 10.3 Å². The minimum Gasteiger partial charge on any atom is -0.351 e. The molecule has 3 aromatic rings. The van der Waals surface area contributed by atoms with Crippen LogP contribution < -0.4 is 5.32 Å². The van der Waals surface area contributed by atoms with Crippen molar-refractivity contribution in [3.05, 3.63) is 77.7 Å². The Morgan fingerprint density at radius 1 is 1.09 bits per heavy atom. The van der Waals surface area contributed by atoms with Gasteiger partial charge in [-0.05, 0) is 55.5 Å². The summed E-state index contributed by atoms with van der Waals surface area (Å²) in [4.78, 5) is 32.6. The molecule has 164 valence electrons. The number of nitrogens with zero attached hydrogens (tertiary/aromatic N) is 2. The summed E-state index contributed by atoms with van der Waals surface area (Å²) in [6.07, 6.45) is 5.81. The predicted molar refractivity (Wildman–Crippen MR) is 121 cm³/mol. The van der Waals surface area contributed by atoms with E-state index in [0.29, 0.717) is 30.4 Å². The number of fused-ring (bicyclic) bond motifs is 2. The molecular formula is C26H26FN3O2. The largest absolute Gasteiger partial charge is 0.351 e. The highest BCUT2D eigenvalue weighted by Gasteiger charge is 2.45. The lowest BCUT2D eigenvalue weighted by molar-refractivity contribution is -0.122. The van der Waals surface area contributed by atoms with Crippen molar-refractivity contribution in [1.29, 1.82) is 0 Å². The van der Waals surface area contributed by atoms with Gasteiger partial charge in [-0.3, -0.25) is 14.6 Å². The Bertz CT molecular complexity index is 1160. The van der Waals surface area contributed by atoms with Crippen LogP contribution in [0.15, 0.2) is 60.8 Å². The number of hydrogen-bond donors (Lipinski definition) is 1. The van der Waals surface area contributed by atoms with E-state index in [-0.39, 0.29) is 35.8 Å². The molecule has 3 heterocycles. The molecule has 2 fully saturated rings. The highest BCUT2D eigenvalue weighted by molar-refractivity contribution is 6.06. The Morgan fingerprint density at radius 3 is 2.84 bits per heavy atom. The summed E-state index contributed by atoms with van der Waals surface area (Å²) in [7, 11) is 0. The van der Waals surface area contributed by atoms with Gasteiger partial charge in [-0.25, -0.2) is 4.39 Å². The van der Waals surface area contributed by atoms with Crippen LogP contribution in [0.5, 0.6) is 0 Å². The Morgan fingerprint density at radius 2 is 1.97 bits per heavy atom. The van der Waals surface area contributed by atoms with Gasteiger partial charge in [0.05, 0.1) is 17.6 Å². The number of amides is 2. The fraction of sp³-hybridized carbons (Fsp3) is 0.346. The second-order valence-electron chi connectivity index (χ2n) is 8.76. The summed E-state index contributed by atoms with van der Waals surface area (Å²) in [5.74, 6) is -0.303. The molecule has 2 aliphatic rings. The van der Waals surface area contributed by atoms with Crippen LogP contribution in [0.2, 0.25) is 0 Å². The molecule has 6 heteroatoms. The molecule has 32 heavy (non-hydrogen) atoms. The Hall–Kier alpha value is -3.28. The topological polar surface area (TPSA) is 62.3 Å². The van der Waals surface area contributed by atoms with Crippen LogP contribution in [0.4, 0.5) is 4.39 Å². The number of carbonyl (C=O) groups excluding carboxylic acids is 2. The van der Waals surface area contributed by atoms with E-state index in [1.165, 1.54) is 6.07 Å². The third-order valence-corrected chi connectivity index (χ3v) is 6.77. The number of benzene rings is 2. The highest BCUT2D eigenvalue weighted by atomic mass is 19.1. The first-order valence-corrected chi connectivity index (χ1v) is 11.3. The smallest absolute Gasteiger partial charge is 0.255 e. The molecule has 3 atom stereocenters. The molecule has 2 aromatic carbocycles. The van der Waals surface area contributed by atoms with Gasteiger partial charge in [0.25, 0.3) is 5.91 Å². The number of nitrogens with one attached hydrogen (secondary N) is 1. The Kier molecular flexibility index (Phi) is 5.60.